The van der Waals surface area contributed by atoms with Gasteiger partial charge in [-0.1, -0.05) is 17.3 Å². The highest BCUT2D eigenvalue weighted by Gasteiger charge is 2.30. The summed E-state index contributed by atoms with van der Waals surface area (Å²) in [7, 11) is 0. The van der Waals surface area contributed by atoms with Crippen LogP contribution in [0.25, 0.3) is 11.0 Å². The van der Waals surface area contributed by atoms with E-state index in [-0.39, 0.29) is 11.9 Å². The van der Waals surface area contributed by atoms with E-state index in [0.717, 1.165) is 67.7 Å². The van der Waals surface area contributed by atoms with Gasteiger partial charge in [0.05, 0.1) is 12.1 Å². The number of carbonyl (C=O) groups excluding carboxylic acids is 2. The molecule has 0 radical (unpaired) electrons. The maximum atomic E-state index is 12.5. The molecule has 0 aliphatic carbocycles. The molecule has 1 aromatic carbocycles. The van der Waals surface area contributed by atoms with Crippen LogP contribution >= 0.6 is 0 Å². The molecule has 156 valence electrons. The zero-order valence-electron chi connectivity index (χ0n) is 17.0. The normalized spacial score (nSPS) is 18.3. The lowest BCUT2D eigenvalue weighted by atomic mass is 9.91. The first-order valence-corrected chi connectivity index (χ1v) is 10.8. The van der Waals surface area contributed by atoms with Gasteiger partial charge in [-0.05, 0) is 69.6 Å². The van der Waals surface area contributed by atoms with E-state index in [1.54, 1.807) is 10.8 Å². The lowest BCUT2D eigenvalue weighted by Gasteiger charge is -2.31. The van der Waals surface area contributed by atoms with Crippen LogP contribution in [0.1, 0.15) is 43.0 Å². The lowest BCUT2D eigenvalue weighted by Crippen LogP contribution is -2.45. The fraction of sp³-hybridized carbons (Fsp3) is 0.435. The molecule has 7 heteroatoms. The Kier molecular flexibility index (Phi) is 5.12. The predicted octanol–water partition coefficient (Wildman–Crippen LogP) is 3.64. The second kappa shape index (κ2) is 8.07. The summed E-state index contributed by atoms with van der Waals surface area (Å²) in [5, 5.41) is 5.47. The average Bonchev–Trinajstić information content (AvgIpc) is 3.40. The van der Waals surface area contributed by atoms with Crippen LogP contribution < -0.4 is 0 Å². The van der Waals surface area contributed by atoms with Gasteiger partial charge in [-0.15, -0.1) is 0 Å². The highest BCUT2D eigenvalue weighted by molar-refractivity contribution is 5.99. The Morgan fingerprint density at radius 3 is 2.67 bits per heavy atom. The average molecular weight is 406 g/mol. The summed E-state index contributed by atoms with van der Waals surface area (Å²) >= 11 is 0. The molecular weight excluding hydrogens is 380 g/mol. The molecule has 3 aromatic rings. The van der Waals surface area contributed by atoms with Crippen molar-refractivity contribution in [2.24, 2.45) is 0 Å². The summed E-state index contributed by atoms with van der Waals surface area (Å²) in [4.78, 5) is 28.6. The summed E-state index contributed by atoms with van der Waals surface area (Å²) in [5.74, 6) is 0.358. The van der Waals surface area contributed by atoms with Crippen molar-refractivity contribution in [1.29, 1.82) is 0 Å². The molecule has 0 atom stereocenters. The van der Waals surface area contributed by atoms with Gasteiger partial charge in [-0.25, -0.2) is 4.79 Å². The number of piperidine rings is 1. The first-order valence-electron chi connectivity index (χ1n) is 10.8. The Balaban J connectivity index is 1.08. The van der Waals surface area contributed by atoms with Crippen molar-refractivity contribution >= 4 is 22.9 Å². The predicted molar refractivity (Wildman–Crippen MR) is 112 cm³/mol. The van der Waals surface area contributed by atoms with Crippen molar-refractivity contribution in [1.82, 2.24) is 19.5 Å². The van der Waals surface area contributed by atoms with Crippen LogP contribution in [0, 0.1) is 0 Å². The quantitative estimate of drug-likeness (QED) is 0.585. The van der Waals surface area contributed by atoms with Gasteiger partial charge in [0.25, 0.3) is 0 Å². The van der Waals surface area contributed by atoms with Crippen molar-refractivity contribution in [2.75, 3.05) is 26.2 Å². The minimum Gasteiger partial charge on any atom is -0.356 e. The van der Waals surface area contributed by atoms with Crippen molar-refractivity contribution in [3.63, 3.8) is 0 Å². The van der Waals surface area contributed by atoms with Gasteiger partial charge in [0.2, 0.25) is 5.91 Å². The summed E-state index contributed by atoms with van der Waals surface area (Å²) < 4.78 is 7.06. The Labute approximate surface area is 175 Å². The highest BCUT2D eigenvalue weighted by Crippen LogP contribution is 2.32. The maximum Gasteiger partial charge on any atom is 0.335 e. The number of likely N-dealkylation sites (tertiary alicyclic amines) is 1. The smallest absolute Gasteiger partial charge is 0.335 e. The van der Waals surface area contributed by atoms with E-state index < -0.39 is 0 Å². The molecule has 2 amide bonds. The molecule has 1 saturated heterocycles. The van der Waals surface area contributed by atoms with Crippen molar-refractivity contribution in [2.45, 2.75) is 38.0 Å². The fourth-order valence-electron chi connectivity index (χ4n) is 4.69. The molecule has 4 heterocycles. The number of imide groups is 1. The summed E-state index contributed by atoms with van der Waals surface area (Å²) in [6, 6.07) is 11.5. The van der Waals surface area contributed by atoms with Crippen molar-refractivity contribution in [3.8, 4) is 0 Å². The molecule has 2 aliphatic rings. The number of aromatic nitrogens is 2. The number of nitrogens with zero attached hydrogens (tertiary/aromatic N) is 4. The molecule has 7 nitrogen and oxygen atoms in total. The van der Waals surface area contributed by atoms with E-state index in [2.05, 4.69) is 16.1 Å². The molecule has 0 saturated carbocycles. The third-order valence-corrected chi connectivity index (χ3v) is 6.39. The maximum absolute atomic E-state index is 12.5. The Bertz CT molecular complexity index is 1060. The number of hydrogen-bond donors (Lipinski definition) is 0. The van der Waals surface area contributed by atoms with Crippen LogP contribution in [0.15, 0.2) is 47.1 Å². The van der Waals surface area contributed by atoms with E-state index >= 15 is 0 Å². The van der Waals surface area contributed by atoms with Gasteiger partial charge in [0.1, 0.15) is 0 Å². The zero-order chi connectivity index (χ0) is 20.5. The molecular formula is C23H26N4O3. The number of fused-ring (bicyclic) bond motifs is 2. The highest BCUT2D eigenvalue weighted by atomic mass is 16.5. The summed E-state index contributed by atoms with van der Waals surface area (Å²) in [6.45, 7) is 3.58. The Hall–Kier alpha value is -2.93. The first-order chi connectivity index (χ1) is 14.7. The van der Waals surface area contributed by atoms with Crippen molar-refractivity contribution in [3.05, 3.63) is 54.0 Å². The molecule has 0 unspecified atom stereocenters. The van der Waals surface area contributed by atoms with E-state index in [1.807, 2.05) is 30.3 Å². The fourth-order valence-corrected chi connectivity index (χ4v) is 4.69. The van der Waals surface area contributed by atoms with Gasteiger partial charge in [-0.2, -0.15) is 0 Å². The summed E-state index contributed by atoms with van der Waals surface area (Å²) in [5.41, 5.74) is 2.74. The number of unbranched alkanes of at least 4 members (excludes halogenated alkanes) is 1. The minimum absolute atomic E-state index is 0.0909. The van der Waals surface area contributed by atoms with E-state index in [9.17, 15) is 9.59 Å². The van der Waals surface area contributed by atoms with Crippen LogP contribution in [0.4, 0.5) is 4.79 Å². The van der Waals surface area contributed by atoms with Crippen LogP contribution in [-0.2, 0) is 11.2 Å². The molecule has 5 rings (SSSR count). The summed E-state index contributed by atoms with van der Waals surface area (Å²) in [6.07, 6.45) is 6.02. The number of amides is 2. The number of hydrogen-bond acceptors (Lipinski definition) is 5. The van der Waals surface area contributed by atoms with Gasteiger partial charge in [0, 0.05) is 29.7 Å². The molecule has 1 fully saturated rings. The second-order valence-electron chi connectivity index (χ2n) is 8.26. The molecule has 2 aliphatic heterocycles. The molecule has 0 bridgehead atoms. The van der Waals surface area contributed by atoms with Crippen LogP contribution in [-0.4, -0.2) is 57.6 Å². The monoisotopic (exact) mass is 406 g/mol. The van der Waals surface area contributed by atoms with Crippen LogP contribution in [0.3, 0.4) is 0 Å². The number of rotatable bonds is 6. The third-order valence-electron chi connectivity index (χ3n) is 6.39. The van der Waals surface area contributed by atoms with E-state index in [1.165, 1.54) is 4.90 Å². The number of para-hydroxylation sites is 1. The second-order valence-corrected chi connectivity index (χ2v) is 8.26. The standard InChI is InChI=1S/C23H26N4O3/c28-21-16-18-6-5-13-26(18)23(29)27(21)12-4-3-11-25-14-9-17(10-15-25)22-19-7-1-2-8-20(19)30-24-22/h1-2,5-8,13,17H,3-4,9-12,14-16H2. The molecule has 2 aromatic heterocycles. The topological polar surface area (TPSA) is 71.6 Å². The van der Waals surface area contributed by atoms with Gasteiger partial charge < -0.3 is 9.42 Å². The third kappa shape index (κ3) is 3.54. The first kappa shape index (κ1) is 19.1. The molecule has 0 spiro atoms. The minimum atomic E-state index is -0.216. The van der Waals surface area contributed by atoms with E-state index in [4.69, 9.17) is 4.52 Å². The largest absolute Gasteiger partial charge is 0.356 e. The van der Waals surface area contributed by atoms with Gasteiger partial charge in [-0.3, -0.25) is 14.3 Å². The molecule has 30 heavy (non-hydrogen) atoms. The van der Waals surface area contributed by atoms with Crippen molar-refractivity contribution < 1.29 is 14.1 Å². The Morgan fingerprint density at radius 2 is 1.80 bits per heavy atom. The number of carbonyl (C=O) groups is 2. The van der Waals surface area contributed by atoms with Gasteiger partial charge >= 0.3 is 6.03 Å². The van der Waals surface area contributed by atoms with Crippen LogP contribution in [0.2, 0.25) is 0 Å². The lowest BCUT2D eigenvalue weighted by molar-refractivity contribution is -0.128. The Morgan fingerprint density at radius 1 is 1.00 bits per heavy atom. The molecule has 0 N–H and O–H groups in total. The van der Waals surface area contributed by atoms with Crippen LogP contribution in [0.5, 0.6) is 0 Å². The van der Waals surface area contributed by atoms with E-state index in [0.29, 0.717) is 18.9 Å². The SMILES string of the molecule is O=C1Cc2cccn2C(=O)N1CCCCN1CCC(c2noc3ccccc23)CC1. The van der Waals surface area contributed by atoms with Gasteiger partial charge in [0.15, 0.2) is 5.58 Å². The zero-order valence-corrected chi connectivity index (χ0v) is 17.0. The number of benzene rings is 1.